The van der Waals surface area contributed by atoms with Gasteiger partial charge in [0.05, 0.1) is 24.7 Å². The first-order chi connectivity index (χ1) is 7.90. The third-order valence-electron chi connectivity index (χ3n) is 1.60. The van der Waals surface area contributed by atoms with Crippen LogP contribution in [0.2, 0.25) is 0 Å². The van der Waals surface area contributed by atoms with E-state index in [-0.39, 0.29) is 11.8 Å². The topological polar surface area (TPSA) is 51.2 Å². The highest BCUT2D eigenvalue weighted by Crippen LogP contribution is 2.29. The number of thioether (sulfide) groups is 1. The molecule has 1 aromatic heterocycles. The number of carbonyl (C=O) groups excluding carboxylic acids is 1. The number of alkyl halides is 3. The Morgan fingerprint density at radius 2 is 2.24 bits per heavy atom. The van der Waals surface area contributed by atoms with Crippen LogP contribution in [0.5, 0.6) is 5.88 Å². The van der Waals surface area contributed by atoms with Gasteiger partial charge in [-0.05, 0) is 17.8 Å². The molecule has 0 unspecified atom stereocenters. The molecule has 0 radical (unpaired) electrons. The average Bonchev–Trinajstić information content (AvgIpc) is 2.27. The minimum atomic E-state index is -4.41. The number of pyridine rings is 1. The van der Waals surface area contributed by atoms with Crippen LogP contribution < -0.4 is 10.1 Å². The Bertz CT molecular complexity index is 381. The van der Waals surface area contributed by atoms with Crippen LogP contribution in [0, 0.1) is 0 Å². The molecule has 0 aromatic carbocycles. The number of hydrogen-bond acceptors (Lipinski definition) is 4. The van der Waals surface area contributed by atoms with Crippen molar-refractivity contribution < 1.29 is 22.7 Å². The molecule has 1 amide bonds. The number of nitrogens with one attached hydrogen (secondary N) is 1. The van der Waals surface area contributed by atoms with E-state index in [1.54, 1.807) is 0 Å². The maximum atomic E-state index is 11.8. The number of carbonyl (C=O) groups is 1. The zero-order valence-electron chi connectivity index (χ0n) is 8.75. The largest absolute Gasteiger partial charge is 0.481 e. The molecular weight excluding hydrogens is 257 g/mol. The van der Waals surface area contributed by atoms with Crippen LogP contribution in [0.4, 0.5) is 18.9 Å². The number of ether oxygens (including phenoxy) is 1. The highest BCUT2D eigenvalue weighted by molar-refractivity contribution is 8.00. The van der Waals surface area contributed by atoms with Crippen molar-refractivity contribution in [1.82, 2.24) is 4.98 Å². The zero-order valence-corrected chi connectivity index (χ0v) is 9.56. The van der Waals surface area contributed by atoms with Gasteiger partial charge in [0.1, 0.15) is 0 Å². The highest BCUT2D eigenvalue weighted by atomic mass is 32.2. The van der Waals surface area contributed by atoms with E-state index in [1.807, 2.05) is 0 Å². The van der Waals surface area contributed by atoms with E-state index in [9.17, 15) is 18.0 Å². The van der Waals surface area contributed by atoms with Crippen molar-refractivity contribution in [3.05, 3.63) is 18.3 Å². The van der Waals surface area contributed by atoms with Gasteiger partial charge in [0.15, 0.2) is 0 Å². The normalized spacial score (nSPS) is 11.1. The maximum absolute atomic E-state index is 11.8. The second-order valence-electron chi connectivity index (χ2n) is 2.87. The molecular formula is C9H9F3N2O2S. The van der Waals surface area contributed by atoms with Gasteiger partial charge in [-0.1, -0.05) is 0 Å². The van der Waals surface area contributed by atoms with Gasteiger partial charge in [-0.15, -0.1) is 0 Å². The standard InChI is InChI=1S/C9H9F3N2O2S/c1-16-8-3-2-6(4-13-8)14-7(15)5-17-9(10,11)12/h2-4H,5H2,1H3,(H,14,15). The van der Waals surface area contributed by atoms with E-state index in [0.29, 0.717) is 11.6 Å². The van der Waals surface area contributed by atoms with Crippen LogP contribution in [-0.4, -0.2) is 29.3 Å². The fourth-order valence-corrected chi connectivity index (χ4v) is 1.29. The quantitative estimate of drug-likeness (QED) is 0.908. The Labute approximate surface area is 99.6 Å². The molecule has 0 fully saturated rings. The molecule has 1 heterocycles. The number of halogens is 3. The van der Waals surface area contributed by atoms with Gasteiger partial charge >= 0.3 is 5.51 Å². The second-order valence-corrected chi connectivity index (χ2v) is 3.91. The molecule has 4 nitrogen and oxygen atoms in total. The van der Waals surface area contributed by atoms with Crippen molar-refractivity contribution in [2.45, 2.75) is 5.51 Å². The van der Waals surface area contributed by atoms with Gasteiger partial charge in [0, 0.05) is 6.07 Å². The predicted molar refractivity (Wildman–Crippen MR) is 57.9 cm³/mol. The number of amides is 1. The number of methoxy groups -OCH3 is 1. The summed E-state index contributed by atoms with van der Waals surface area (Å²) in [5, 5.41) is 2.29. The van der Waals surface area contributed by atoms with Crippen molar-refractivity contribution in [1.29, 1.82) is 0 Å². The van der Waals surface area contributed by atoms with E-state index in [2.05, 4.69) is 10.3 Å². The summed E-state index contributed by atoms with van der Waals surface area (Å²) in [5.74, 6) is -1.07. The first-order valence-corrected chi connectivity index (χ1v) is 5.40. The van der Waals surface area contributed by atoms with E-state index in [0.717, 1.165) is 0 Å². The summed E-state index contributed by atoms with van der Waals surface area (Å²) >= 11 is -0.389. The monoisotopic (exact) mass is 266 g/mol. The van der Waals surface area contributed by atoms with Gasteiger partial charge < -0.3 is 10.1 Å². The Morgan fingerprint density at radius 3 is 2.71 bits per heavy atom. The number of aromatic nitrogens is 1. The van der Waals surface area contributed by atoms with Crippen LogP contribution in [0.15, 0.2) is 18.3 Å². The molecule has 0 aliphatic heterocycles. The molecule has 0 atom stereocenters. The molecule has 0 saturated carbocycles. The van der Waals surface area contributed by atoms with Crippen LogP contribution in [0.3, 0.4) is 0 Å². The SMILES string of the molecule is COc1ccc(NC(=O)CSC(F)(F)F)cn1. The fourth-order valence-electron chi connectivity index (χ4n) is 0.919. The Hall–Kier alpha value is -1.44. The fraction of sp³-hybridized carbons (Fsp3) is 0.333. The predicted octanol–water partition coefficient (Wildman–Crippen LogP) is 2.28. The zero-order chi connectivity index (χ0) is 12.9. The lowest BCUT2D eigenvalue weighted by atomic mass is 10.4. The molecule has 1 rings (SSSR count). The number of nitrogens with zero attached hydrogens (tertiary/aromatic N) is 1. The van der Waals surface area contributed by atoms with Crippen LogP contribution in [0.1, 0.15) is 0 Å². The second kappa shape index (κ2) is 5.76. The molecule has 17 heavy (non-hydrogen) atoms. The number of anilines is 1. The van der Waals surface area contributed by atoms with Crippen molar-refractivity contribution in [3.8, 4) is 5.88 Å². The first-order valence-electron chi connectivity index (χ1n) is 4.41. The number of hydrogen-bond donors (Lipinski definition) is 1. The van der Waals surface area contributed by atoms with Crippen LogP contribution in [-0.2, 0) is 4.79 Å². The highest BCUT2D eigenvalue weighted by Gasteiger charge is 2.29. The molecule has 94 valence electrons. The minimum absolute atomic E-state index is 0.318. The Kier molecular flexibility index (Phi) is 4.62. The summed E-state index contributed by atoms with van der Waals surface area (Å²) in [6.07, 6.45) is 1.30. The summed E-state index contributed by atoms with van der Waals surface area (Å²) in [6, 6.07) is 2.98. The van der Waals surface area contributed by atoms with Gasteiger partial charge in [0.25, 0.3) is 0 Å². The lowest BCUT2D eigenvalue weighted by Gasteiger charge is -2.07. The Morgan fingerprint density at radius 1 is 1.53 bits per heavy atom. The van der Waals surface area contributed by atoms with Gasteiger partial charge in [0.2, 0.25) is 11.8 Å². The van der Waals surface area contributed by atoms with Gasteiger partial charge in [-0.2, -0.15) is 13.2 Å². The summed E-state index contributed by atoms with van der Waals surface area (Å²) in [5.41, 5.74) is -4.09. The van der Waals surface area contributed by atoms with Crippen LogP contribution in [0.25, 0.3) is 0 Å². The Balaban J connectivity index is 2.45. The molecule has 0 spiro atoms. The van der Waals surface area contributed by atoms with E-state index >= 15 is 0 Å². The third kappa shape index (κ3) is 5.43. The van der Waals surface area contributed by atoms with Gasteiger partial charge in [-0.3, -0.25) is 4.79 Å². The molecule has 0 bridgehead atoms. The number of rotatable bonds is 4. The lowest BCUT2D eigenvalue weighted by Crippen LogP contribution is -2.17. The molecule has 1 aromatic rings. The first kappa shape index (κ1) is 13.6. The lowest BCUT2D eigenvalue weighted by molar-refractivity contribution is -0.114. The molecule has 0 saturated heterocycles. The molecule has 0 aliphatic rings. The summed E-state index contributed by atoms with van der Waals surface area (Å²) in [4.78, 5) is 14.9. The van der Waals surface area contributed by atoms with Crippen molar-refractivity contribution in [3.63, 3.8) is 0 Å². The van der Waals surface area contributed by atoms with Crippen molar-refractivity contribution in [2.75, 3.05) is 18.2 Å². The van der Waals surface area contributed by atoms with Crippen molar-refractivity contribution >= 4 is 23.4 Å². The van der Waals surface area contributed by atoms with E-state index in [1.165, 1.54) is 25.4 Å². The van der Waals surface area contributed by atoms with E-state index in [4.69, 9.17) is 4.74 Å². The molecule has 1 N–H and O–H groups in total. The van der Waals surface area contributed by atoms with E-state index < -0.39 is 17.2 Å². The summed E-state index contributed by atoms with van der Waals surface area (Å²) in [6.45, 7) is 0. The molecule has 0 aliphatic carbocycles. The van der Waals surface area contributed by atoms with Crippen molar-refractivity contribution in [2.24, 2.45) is 0 Å². The smallest absolute Gasteiger partial charge is 0.442 e. The molecule has 8 heteroatoms. The third-order valence-corrected chi connectivity index (χ3v) is 2.33. The van der Waals surface area contributed by atoms with Crippen LogP contribution >= 0.6 is 11.8 Å². The summed E-state index contributed by atoms with van der Waals surface area (Å²) < 4.78 is 40.2. The maximum Gasteiger partial charge on any atom is 0.442 e. The minimum Gasteiger partial charge on any atom is -0.481 e. The van der Waals surface area contributed by atoms with Gasteiger partial charge in [-0.25, -0.2) is 4.98 Å². The summed E-state index contributed by atoms with van der Waals surface area (Å²) in [7, 11) is 1.43. The average molecular weight is 266 g/mol.